The first-order chi connectivity index (χ1) is 18.2. The fourth-order valence-corrected chi connectivity index (χ4v) is 3.80. The number of phenols is 1. The van der Waals surface area contributed by atoms with Gasteiger partial charge in [-0.2, -0.15) is 0 Å². The molecule has 4 aromatic carbocycles. The van der Waals surface area contributed by atoms with E-state index in [9.17, 15) is 5.11 Å². The summed E-state index contributed by atoms with van der Waals surface area (Å²) < 4.78 is 28.0. The number of hydrogen-bond acceptors (Lipinski definition) is 5. The Kier molecular flexibility index (Phi) is 6.65. The Morgan fingerprint density at radius 2 is 1.36 bits per heavy atom. The zero-order valence-electron chi connectivity index (χ0n) is 22.2. The predicted octanol–water partition coefficient (Wildman–Crippen LogP) is 5.97. The van der Waals surface area contributed by atoms with Crippen molar-refractivity contribution in [2.75, 3.05) is 0 Å². The molecule has 0 aliphatic heterocycles. The number of oxime groups is 1. The number of phenolic OH excluding ortho intramolecular Hbond substituents is 1. The number of nitrogens with zero attached hydrogens (tertiary/aromatic N) is 1. The molecule has 0 aliphatic rings. The molecule has 0 saturated carbocycles. The van der Waals surface area contributed by atoms with Gasteiger partial charge in [0, 0.05) is 11.0 Å². The molecular formula is C30H30N2O4. The lowest BCUT2D eigenvalue weighted by molar-refractivity contribution is 0.299. The molecule has 36 heavy (non-hydrogen) atoms. The molecule has 0 unspecified atom stereocenters. The molecule has 0 atom stereocenters. The molecule has 0 spiro atoms. The first-order valence-electron chi connectivity index (χ1n) is 12.5. The van der Waals surface area contributed by atoms with E-state index in [2.05, 4.69) is 31.1 Å². The normalized spacial score (nSPS) is 12.6. The topological polar surface area (TPSA) is 97.3 Å². The highest BCUT2D eigenvalue weighted by atomic mass is 16.5. The van der Waals surface area contributed by atoms with E-state index in [0.717, 1.165) is 28.0 Å². The largest absolute Gasteiger partial charge is 0.508 e. The van der Waals surface area contributed by atoms with Crippen LogP contribution in [0.15, 0.2) is 102 Å². The van der Waals surface area contributed by atoms with E-state index < -0.39 is 0 Å². The summed E-state index contributed by atoms with van der Waals surface area (Å²) in [6.45, 7) is 4.83. The molecule has 6 heteroatoms. The standard InChI is InChI=1S/C30H30N2O4/c1-30(2,24-8-12-26(33)13-9-24)25-10-16-28(17-11-25)36-20-22-5-3-4-21(18-22)19-35-27-14-6-23(7-15-27)29(31)32-34/h3-18,33-34H,19-20H2,1-2H3,(H2,31,32)/i14T,15T. The quantitative estimate of drug-likeness (QED) is 0.117. The van der Waals surface area contributed by atoms with Crippen LogP contribution in [-0.4, -0.2) is 16.1 Å². The maximum absolute atomic E-state index is 9.58. The van der Waals surface area contributed by atoms with E-state index in [1.165, 1.54) is 12.1 Å². The Morgan fingerprint density at radius 3 is 1.92 bits per heavy atom. The number of ether oxygens (including phenoxy) is 2. The Labute approximate surface area is 214 Å². The Morgan fingerprint density at radius 1 is 0.833 bits per heavy atom. The third-order valence-electron chi connectivity index (χ3n) is 6.07. The van der Waals surface area contributed by atoms with Crippen molar-refractivity contribution in [3.05, 3.63) is 125 Å². The van der Waals surface area contributed by atoms with E-state index in [0.29, 0.717) is 6.61 Å². The molecule has 0 radical (unpaired) electrons. The maximum atomic E-state index is 9.58. The van der Waals surface area contributed by atoms with Crippen LogP contribution in [0.5, 0.6) is 17.2 Å². The summed E-state index contributed by atoms with van der Waals surface area (Å²) in [7, 11) is 0. The average Bonchev–Trinajstić information content (AvgIpc) is 2.91. The molecule has 0 aliphatic carbocycles. The lowest BCUT2D eigenvalue weighted by Gasteiger charge is -2.26. The number of hydrogen-bond donors (Lipinski definition) is 3. The van der Waals surface area contributed by atoms with Gasteiger partial charge >= 0.3 is 0 Å². The fraction of sp³-hybridized carbons (Fsp3) is 0.167. The lowest BCUT2D eigenvalue weighted by atomic mass is 9.78. The zero-order valence-corrected chi connectivity index (χ0v) is 20.2. The molecule has 0 bridgehead atoms. The van der Waals surface area contributed by atoms with E-state index in [1.54, 1.807) is 12.1 Å². The average molecular weight is 487 g/mol. The van der Waals surface area contributed by atoms with Gasteiger partial charge in [-0.3, -0.25) is 0 Å². The van der Waals surface area contributed by atoms with Crippen molar-refractivity contribution in [3.63, 3.8) is 0 Å². The second-order valence-corrected chi connectivity index (χ2v) is 8.94. The summed E-state index contributed by atoms with van der Waals surface area (Å²) in [5.41, 5.74) is 9.69. The summed E-state index contributed by atoms with van der Waals surface area (Å²) in [5, 5.41) is 21.3. The number of amidine groups is 1. The van der Waals surface area contributed by atoms with Crippen LogP contribution < -0.4 is 15.2 Å². The van der Waals surface area contributed by atoms with Gasteiger partial charge in [0.25, 0.3) is 0 Å². The Balaban J connectivity index is 1.38. The molecule has 6 nitrogen and oxygen atoms in total. The van der Waals surface area contributed by atoms with Crippen LogP contribution in [0.4, 0.5) is 0 Å². The summed E-state index contributed by atoms with van der Waals surface area (Å²) >= 11 is 0. The van der Waals surface area contributed by atoms with E-state index in [1.807, 2.05) is 48.5 Å². The second-order valence-electron chi connectivity index (χ2n) is 8.94. The van der Waals surface area contributed by atoms with Crippen LogP contribution in [-0.2, 0) is 18.6 Å². The van der Waals surface area contributed by atoms with Crippen LogP contribution in [0.2, 0.25) is 0 Å². The lowest BCUT2D eigenvalue weighted by Crippen LogP contribution is -2.18. The SMILES string of the molecule is [3H]c1cc(/C(N)=N\O)cc([3H])c1OCc1cccc(COc2ccc(C(C)(C)c3ccc(O)cc3)cc2)c1. The van der Waals surface area contributed by atoms with Gasteiger partial charge in [-0.05, 0) is 76.8 Å². The van der Waals surface area contributed by atoms with Crippen LogP contribution in [0.1, 0.15) is 44.4 Å². The minimum absolute atomic E-state index is 0.0179. The van der Waals surface area contributed by atoms with Crippen molar-refractivity contribution in [1.82, 2.24) is 0 Å². The number of benzene rings is 4. The minimum Gasteiger partial charge on any atom is -0.508 e. The van der Waals surface area contributed by atoms with Gasteiger partial charge in [-0.1, -0.05) is 61.5 Å². The van der Waals surface area contributed by atoms with Gasteiger partial charge < -0.3 is 25.5 Å². The highest BCUT2D eigenvalue weighted by Crippen LogP contribution is 2.33. The van der Waals surface area contributed by atoms with E-state index in [-0.39, 0.29) is 47.0 Å². The van der Waals surface area contributed by atoms with Crippen LogP contribution in [0.25, 0.3) is 0 Å². The Bertz CT molecular complexity index is 1410. The molecule has 0 amide bonds. The summed E-state index contributed by atoms with van der Waals surface area (Å²) in [6, 6.07) is 25.8. The van der Waals surface area contributed by atoms with Crippen LogP contribution >= 0.6 is 0 Å². The van der Waals surface area contributed by atoms with Gasteiger partial charge in [0.2, 0.25) is 0 Å². The van der Waals surface area contributed by atoms with Crippen molar-refractivity contribution in [3.8, 4) is 17.2 Å². The van der Waals surface area contributed by atoms with Crippen molar-refractivity contribution in [2.45, 2.75) is 32.5 Å². The summed E-state index contributed by atoms with van der Waals surface area (Å²) in [6.07, 6.45) is 0. The first-order valence-corrected chi connectivity index (χ1v) is 11.5. The summed E-state index contributed by atoms with van der Waals surface area (Å²) in [5.74, 6) is 0.957. The maximum Gasteiger partial charge on any atom is 0.170 e. The molecule has 0 aromatic heterocycles. The van der Waals surface area contributed by atoms with Gasteiger partial charge in [-0.25, -0.2) is 0 Å². The van der Waals surface area contributed by atoms with Crippen LogP contribution in [0, 0.1) is 0 Å². The zero-order chi connectivity index (χ0) is 27.3. The first kappa shape index (κ1) is 22.0. The van der Waals surface area contributed by atoms with Crippen molar-refractivity contribution < 1.29 is 22.5 Å². The van der Waals surface area contributed by atoms with Gasteiger partial charge in [0.1, 0.15) is 30.5 Å². The molecule has 184 valence electrons. The van der Waals surface area contributed by atoms with Crippen molar-refractivity contribution >= 4 is 5.84 Å². The van der Waals surface area contributed by atoms with Crippen molar-refractivity contribution in [1.29, 1.82) is 0 Å². The van der Waals surface area contributed by atoms with Gasteiger partial charge in [0.05, 0.1) is 2.74 Å². The predicted molar refractivity (Wildman–Crippen MR) is 141 cm³/mol. The van der Waals surface area contributed by atoms with Gasteiger partial charge in [-0.15, -0.1) is 0 Å². The van der Waals surface area contributed by atoms with E-state index in [4.69, 9.17) is 23.2 Å². The minimum atomic E-state index is -0.224. The molecular weight excluding hydrogens is 452 g/mol. The van der Waals surface area contributed by atoms with Crippen LogP contribution in [0.3, 0.4) is 0 Å². The van der Waals surface area contributed by atoms with E-state index >= 15 is 0 Å². The molecule has 0 fully saturated rings. The fourth-order valence-electron chi connectivity index (χ4n) is 3.80. The Hall–Kier alpha value is -4.45. The number of aromatic hydroxyl groups is 1. The van der Waals surface area contributed by atoms with Gasteiger partial charge in [0.15, 0.2) is 5.84 Å². The second kappa shape index (κ2) is 10.9. The third-order valence-corrected chi connectivity index (χ3v) is 6.07. The molecule has 4 aromatic rings. The molecule has 4 rings (SSSR count). The summed E-state index contributed by atoms with van der Waals surface area (Å²) in [4.78, 5) is 0. The molecule has 0 heterocycles. The molecule has 0 saturated heterocycles. The smallest absolute Gasteiger partial charge is 0.170 e. The third kappa shape index (κ3) is 5.96. The molecule has 4 N–H and O–H groups in total. The number of nitrogens with two attached hydrogens (primary N) is 1. The monoisotopic (exact) mass is 486 g/mol. The highest BCUT2D eigenvalue weighted by Gasteiger charge is 2.23. The highest BCUT2D eigenvalue weighted by molar-refractivity contribution is 5.97. The van der Waals surface area contributed by atoms with Crippen molar-refractivity contribution in [2.24, 2.45) is 10.9 Å². The number of rotatable bonds is 9.